The minimum absolute atomic E-state index is 0.0208. The van der Waals surface area contributed by atoms with Gasteiger partial charge in [-0.05, 0) is 56.7 Å². The van der Waals surface area contributed by atoms with E-state index in [0.29, 0.717) is 16.5 Å². The number of fused-ring (bicyclic) bond motifs is 1. The molecule has 2 heterocycles. The Morgan fingerprint density at radius 3 is 2.82 bits per heavy atom. The summed E-state index contributed by atoms with van der Waals surface area (Å²) in [4.78, 5) is 38.1. The SMILES string of the molecule is CCOC(=O)c1c(NC(=O)[C@H](C)OC(=O)c2ccco2)sc2c1CC[C@H](C)C2. The minimum atomic E-state index is -1.05. The van der Waals surface area contributed by atoms with E-state index < -0.39 is 23.9 Å². The van der Waals surface area contributed by atoms with Crippen molar-refractivity contribution in [3.63, 3.8) is 0 Å². The van der Waals surface area contributed by atoms with Crippen molar-refractivity contribution in [2.75, 3.05) is 11.9 Å². The third kappa shape index (κ3) is 4.27. The van der Waals surface area contributed by atoms with Crippen molar-refractivity contribution in [3.8, 4) is 0 Å². The number of esters is 2. The lowest BCUT2D eigenvalue weighted by atomic mass is 9.88. The number of hydrogen-bond donors (Lipinski definition) is 1. The zero-order valence-electron chi connectivity index (χ0n) is 16.1. The van der Waals surface area contributed by atoms with Crippen LogP contribution < -0.4 is 5.32 Å². The first-order chi connectivity index (χ1) is 13.4. The monoisotopic (exact) mass is 405 g/mol. The fourth-order valence-electron chi connectivity index (χ4n) is 3.14. The lowest BCUT2D eigenvalue weighted by Crippen LogP contribution is -2.30. The third-order valence-corrected chi connectivity index (χ3v) is 5.77. The summed E-state index contributed by atoms with van der Waals surface area (Å²) in [5.74, 6) is -1.13. The zero-order chi connectivity index (χ0) is 20.3. The van der Waals surface area contributed by atoms with Crippen molar-refractivity contribution in [1.82, 2.24) is 0 Å². The lowest BCUT2D eigenvalue weighted by molar-refractivity contribution is -0.123. The van der Waals surface area contributed by atoms with E-state index in [9.17, 15) is 14.4 Å². The second kappa shape index (κ2) is 8.60. The number of nitrogens with one attached hydrogen (secondary N) is 1. The van der Waals surface area contributed by atoms with Gasteiger partial charge in [0, 0.05) is 4.88 Å². The van der Waals surface area contributed by atoms with Gasteiger partial charge in [0.2, 0.25) is 5.76 Å². The first-order valence-electron chi connectivity index (χ1n) is 9.27. The van der Waals surface area contributed by atoms with Crippen LogP contribution in [-0.2, 0) is 27.1 Å². The highest BCUT2D eigenvalue weighted by atomic mass is 32.1. The molecule has 1 aliphatic rings. The molecule has 1 amide bonds. The number of thiophene rings is 1. The highest BCUT2D eigenvalue weighted by Crippen LogP contribution is 2.40. The molecule has 0 saturated carbocycles. The standard InChI is InChI=1S/C20H23NO6S/c1-4-25-20(24)16-13-8-7-11(2)10-15(13)28-18(16)21-17(22)12(3)27-19(23)14-6-5-9-26-14/h5-6,9,11-12H,4,7-8,10H2,1-3H3,(H,21,22)/t11-,12-/m0/s1. The van der Waals surface area contributed by atoms with Crippen LogP contribution in [0.5, 0.6) is 0 Å². The van der Waals surface area contributed by atoms with Crippen molar-refractivity contribution < 1.29 is 28.3 Å². The van der Waals surface area contributed by atoms with Gasteiger partial charge in [-0.3, -0.25) is 4.79 Å². The largest absolute Gasteiger partial charge is 0.462 e. The molecule has 2 aromatic heterocycles. The summed E-state index contributed by atoms with van der Waals surface area (Å²) < 4.78 is 15.3. The van der Waals surface area contributed by atoms with E-state index in [0.717, 1.165) is 29.7 Å². The summed E-state index contributed by atoms with van der Waals surface area (Å²) >= 11 is 1.39. The molecule has 0 saturated heterocycles. The maximum atomic E-state index is 12.6. The van der Waals surface area contributed by atoms with Crippen molar-refractivity contribution in [3.05, 3.63) is 40.2 Å². The number of carbonyl (C=O) groups is 3. The fourth-order valence-corrected chi connectivity index (χ4v) is 4.54. The molecule has 28 heavy (non-hydrogen) atoms. The Hall–Kier alpha value is -2.61. The smallest absolute Gasteiger partial charge is 0.374 e. The van der Waals surface area contributed by atoms with Gasteiger partial charge in [0.25, 0.3) is 5.91 Å². The molecule has 2 atom stereocenters. The van der Waals surface area contributed by atoms with Gasteiger partial charge in [-0.2, -0.15) is 0 Å². The Kier molecular flexibility index (Phi) is 6.18. The normalized spacial score (nSPS) is 16.8. The second-order valence-corrected chi connectivity index (χ2v) is 7.90. The number of carbonyl (C=O) groups excluding carboxylic acids is 3. The van der Waals surface area contributed by atoms with Crippen LogP contribution in [0.3, 0.4) is 0 Å². The van der Waals surface area contributed by atoms with Crippen LogP contribution in [0.15, 0.2) is 22.8 Å². The van der Waals surface area contributed by atoms with E-state index in [1.807, 2.05) is 0 Å². The molecular weight excluding hydrogens is 382 g/mol. The van der Waals surface area contributed by atoms with Crippen LogP contribution in [-0.4, -0.2) is 30.6 Å². The molecule has 0 aromatic carbocycles. The average Bonchev–Trinajstić information content (AvgIpc) is 3.29. The van der Waals surface area contributed by atoms with Gasteiger partial charge in [-0.1, -0.05) is 6.92 Å². The predicted molar refractivity (Wildman–Crippen MR) is 104 cm³/mol. The van der Waals surface area contributed by atoms with Crippen LogP contribution in [0.25, 0.3) is 0 Å². The van der Waals surface area contributed by atoms with Gasteiger partial charge in [0.1, 0.15) is 5.00 Å². The minimum Gasteiger partial charge on any atom is -0.462 e. The Labute approximate surface area is 167 Å². The Morgan fingerprint density at radius 2 is 2.14 bits per heavy atom. The van der Waals surface area contributed by atoms with Crippen LogP contribution in [0.2, 0.25) is 0 Å². The molecule has 7 nitrogen and oxygen atoms in total. The highest BCUT2D eigenvalue weighted by Gasteiger charge is 2.30. The number of rotatable bonds is 6. The molecule has 0 spiro atoms. The Bertz CT molecular complexity index is 870. The van der Waals surface area contributed by atoms with E-state index >= 15 is 0 Å². The van der Waals surface area contributed by atoms with Crippen LogP contribution in [0.1, 0.15) is 58.5 Å². The summed E-state index contributed by atoms with van der Waals surface area (Å²) in [7, 11) is 0. The molecule has 0 bridgehead atoms. The molecule has 0 radical (unpaired) electrons. The van der Waals surface area contributed by atoms with Gasteiger partial charge in [-0.15, -0.1) is 11.3 Å². The number of furan rings is 1. The van der Waals surface area contributed by atoms with E-state index in [1.165, 1.54) is 30.6 Å². The van der Waals surface area contributed by atoms with Crippen molar-refractivity contribution in [2.45, 2.75) is 46.1 Å². The molecule has 3 rings (SSSR count). The quantitative estimate of drug-likeness (QED) is 0.734. The molecule has 150 valence electrons. The molecule has 2 aromatic rings. The number of amides is 1. The van der Waals surface area contributed by atoms with Crippen molar-refractivity contribution in [1.29, 1.82) is 0 Å². The summed E-state index contributed by atoms with van der Waals surface area (Å²) in [5, 5.41) is 3.19. The van der Waals surface area contributed by atoms with Crippen LogP contribution >= 0.6 is 11.3 Å². The number of hydrogen-bond acceptors (Lipinski definition) is 7. The van der Waals surface area contributed by atoms with E-state index in [1.54, 1.807) is 13.0 Å². The summed E-state index contributed by atoms with van der Waals surface area (Å²) in [5.41, 5.74) is 1.38. The second-order valence-electron chi connectivity index (χ2n) is 6.79. The lowest BCUT2D eigenvalue weighted by Gasteiger charge is -2.18. The Morgan fingerprint density at radius 1 is 1.36 bits per heavy atom. The summed E-state index contributed by atoms with van der Waals surface area (Å²) in [6, 6.07) is 3.02. The molecule has 0 aliphatic heterocycles. The van der Waals surface area contributed by atoms with Gasteiger partial charge in [0.05, 0.1) is 18.4 Å². The molecule has 0 fully saturated rings. The zero-order valence-corrected chi connectivity index (χ0v) is 16.9. The van der Waals surface area contributed by atoms with Crippen LogP contribution in [0.4, 0.5) is 5.00 Å². The van der Waals surface area contributed by atoms with Gasteiger partial charge in [-0.25, -0.2) is 9.59 Å². The first kappa shape index (κ1) is 20.1. The van der Waals surface area contributed by atoms with E-state index in [-0.39, 0.29) is 12.4 Å². The Balaban J connectivity index is 1.77. The first-order valence-corrected chi connectivity index (χ1v) is 10.1. The average molecular weight is 405 g/mol. The molecule has 0 unspecified atom stereocenters. The summed E-state index contributed by atoms with van der Waals surface area (Å²) in [6.07, 6.45) is 2.93. The third-order valence-electron chi connectivity index (χ3n) is 4.60. The molecule has 1 aliphatic carbocycles. The highest BCUT2D eigenvalue weighted by molar-refractivity contribution is 7.17. The molecule has 8 heteroatoms. The number of anilines is 1. The van der Waals surface area contributed by atoms with Crippen LogP contribution in [0, 0.1) is 5.92 Å². The van der Waals surface area contributed by atoms with E-state index in [4.69, 9.17) is 13.9 Å². The molecule has 1 N–H and O–H groups in total. The maximum Gasteiger partial charge on any atom is 0.374 e. The van der Waals surface area contributed by atoms with Gasteiger partial charge in [0.15, 0.2) is 6.10 Å². The maximum absolute atomic E-state index is 12.6. The molecular formula is C20H23NO6S. The summed E-state index contributed by atoms with van der Waals surface area (Å²) in [6.45, 7) is 5.63. The van der Waals surface area contributed by atoms with E-state index in [2.05, 4.69) is 12.2 Å². The van der Waals surface area contributed by atoms with Crippen molar-refractivity contribution >= 4 is 34.2 Å². The number of ether oxygens (including phenoxy) is 2. The van der Waals surface area contributed by atoms with Gasteiger partial charge >= 0.3 is 11.9 Å². The fraction of sp³-hybridized carbons (Fsp3) is 0.450. The predicted octanol–water partition coefficient (Wildman–Crippen LogP) is 3.83. The van der Waals surface area contributed by atoms with Gasteiger partial charge < -0.3 is 19.2 Å². The topological polar surface area (TPSA) is 94.8 Å². The van der Waals surface area contributed by atoms with Crippen molar-refractivity contribution in [2.24, 2.45) is 5.92 Å².